The van der Waals surface area contributed by atoms with Gasteiger partial charge in [0.05, 0.1) is 6.42 Å². The zero-order chi connectivity index (χ0) is 33.1. The maximum absolute atomic E-state index is 12.8. The summed E-state index contributed by atoms with van der Waals surface area (Å²) in [5.41, 5.74) is 2.25. The van der Waals surface area contributed by atoms with E-state index in [0.717, 1.165) is 70.8 Å². The van der Waals surface area contributed by atoms with E-state index in [0.29, 0.717) is 10.5 Å². The fourth-order valence-electron chi connectivity index (χ4n) is 10.5. The van der Waals surface area contributed by atoms with E-state index in [4.69, 9.17) is 4.74 Å². The Hall–Kier alpha value is -1.67. The Morgan fingerprint density at radius 2 is 1.91 bits per heavy atom. The lowest BCUT2D eigenvalue weighted by Gasteiger charge is -2.58. The van der Waals surface area contributed by atoms with Crippen LogP contribution in [0.1, 0.15) is 125 Å². The molecule has 0 aliphatic heterocycles. The van der Waals surface area contributed by atoms with Gasteiger partial charge in [0.15, 0.2) is 4.34 Å². The molecule has 1 amide bonds. The summed E-state index contributed by atoms with van der Waals surface area (Å²) in [6.07, 6.45) is 18.2. The van der Waals surface area contributed by atoms with Crippen molar-refractivity contribution in [3.05, 3.63) is 24.3 Å². The highest BCUT2D eigenvalue weighted by molar-refractivity contribution is 8.01. The first-order valence-corrected chi connectivity index (χ1v) is 20.0. The average molecular weight is 670 g/mol. The molecule has 1 aromatic rings. The number of allylic oxidation sites excluding steroid dienone is 1. The van der Waals surface area contributed by atoms with Crippen LogP contribution in [-0.2, 0) is 14.3 Å². The quantitative estimate of drug-likeness (QED) is 0.0919. The van der Waals surface area contributed by atoms with Crippen LogP contribution in [0.5, 0.6) is 0 Å². The maximum atomic E-state index is 12.8. The number of carbonyl (C=O) groups excluding carboxylic acids is 2. The third-order valence-electron chi connectivity index (χ3n) is 13.1. The van der Waals surface area contributed by atoms with Crippen molar-refractivity contribution < 1.29 is 14.3 Å². The van der Waals surface area contributed by atoms with E-state index in [-0.39, 0.29) is 36.2 Å². The molecule has 0 spiro atoms. The van der Waals surface area contributed by atoms with Crippen LogP contribution in [0, 0.1) is 52.3 Å². The summed E-state index contributed by atoms with van der Waals surface area (Å²) in [6, 6.07) is 0. The lowest BCUT2D eigenvalue weighted by molar-refractivity contribution is -0.152. The summed E-state index contributed by atoms with van der Waals surface area (Å²) in [6.45, 7) is 18.7. The fourth-order valence-corrected chi connectivity index (χ4v) is 12.0. The number of fused-ring (bicyclic) bond motifs is 5. The van der Waals surface area contributed by atoms with Crippen molar-refractivity contribution >= 4 is 40.1 Å². The van der Waals surface area contributed by atoms with Gasteiger partial charge in [0.25, 0.3) is 0 Å². The number of rotatable bonds is 14. The van der Waals surface area contributed by atoms with Crippen molar-refractivity contribution in [3.63, 3.8) is 0 Å². The molecule has 4 aliphatic rings. The first-order valence-electron chi connectivity index (χ1n) is 18.2. The summed E-state index contributed by atoms with van der Waals surface area (Å²) in [4.78, 5) is 25.2. The summed E-state index contributed by atoms with van der Waals surface area (Å²) < 4.78 is 6.74. The van der Waals surface area contributed by atoms with Gasteiger partial charge < -0.3 is 10.1 Å². The number of nitrogens with one attached hydrogen (secondary N) is 1. The van der Waals surface area contributed by atoms with Crippen molar-refractivity contribution in [2.75, 3.05) is 11.1 Å². The molecule has 46 heavy (non-hydrogen) atoms. The van der Waals surface area contributed by atoms with E-state index in [2.05, 4.69) is 69.7 Å². The van der Waals surface area contributed by atoms with E-state index < -0.39 is 0 Å². The Morgan fingerprint density at radius 1 is 1.11 bits per heavy atom. The van der Waals surface area contributed by atoms with Gasteiger partial charge in [-0.3, -0.25) is 9.59 Å². The van der Waals surface area contributed by atoms with Crippen LogP contribution in [0.4, 0.5) is 5.13 Å². The summed E-state index contributed by atoms with van der Waals surface area (Å²) >= 11 is 2.86. The highest BCUT2D eigenvalue weighted by atomic mass is 32.2. The lowest BCUT2D eigenvalue weighted by atomic mass is 9.47. The van der Waals surface area contributed by atoms with Crippen molar-refractivity contribution in [3.8, 4) is 0 Å². The molecule has 0 saturated heterocycles. The van der Waals surface area contributed by atoms with E-state index in [1.165, 1.54) is 80.0 Å². The molecule has 0 aromatic carbocycles. The number of thioether (sulfide) groups is 1. The van der Waals surface area contributed by atoms with Crippen LogP contribution in [0.2, 0.25) is 0 Å². The van der Waals surface area contributed by atoms with Crippen molar-refractivity contribution in [2.24, 2.45) is 52.3 Å². The van der Waals surface area contributed by atoms with Crippen LogP contribution < -0.4 is 5.32 Å². The van der Waals surface area contributed by atoms with Gasteiger partial charge in [0, 0.05) is 18.6 Å². The second-order valence-electron chi connectivity index (χ2n) is 15.8. The molecule has 3 saturated carbocycles. The molecule has 0 bridgehead atoms. The maximum Gasteiger partial charge on any atom is 0.306 e. The topological polar surface area (TPSA) is 81.2 Å². The van der Waals surface area contributed by atoms with Crippen LogP contribution >= 0.6 is 23.1 Å². The summed E-state index contributed by atoms with van der Waals surface area (Å²) in [5, 5.41) is 11.3. The first-order chi connectivity index (χ1) is 22.0. The number of amides is 1. The molecule has 6 nitrogen and oxygen atoms in total. The highest BCUT2D eigenvalue weighted by Crippen LogP contribution is 2.67. The van der Waals surface area contributed by atoms with E-state index >= 15 is 0 Å². The highest BCUT2D eigenvalue weighted by Gasteiger charge is 2.59. The van der Waals surface area contributed by atoms with Gasteiger partial charge in [0.2, 0.25) is 11.0 Å². The predicted octanol–water partition coefficient (Wildman–Crippen LogP) is 10.1. The monoisotopic (exact) mass is 669 g/mol. The Kier molecular flexibility index (Phi) is 11.8. The van der Waals surface area contributed by atoms with Gasteiger partial charge in [0.1, 0.15) is 6.10 Å². The van der Waals surface area contributed by atoms with Gasteiger partial charge in [-0.1, -0.05) is 95.2 Å². The van der Waals surface area contributed by atoms with Gasteiger partial charge in [-0.15, -0.1) is 16.8 Å². The molecule has 0 radical (unpaired) electrons. The minimum Gasteiger partial charge on any atom is -0.462 e. The zero-order valence-corrected chi connectivity index (χ0v) is 30.9. The molecular formula is C38H59N3O3S2. The van der Waals surface area contributed by atoms with Gasteiger partial charge in [-0.2, -0.15) is 0 Å². The smallest absolute Gasteiger partial charge is 0.306 e. The molecule has 256 valence electrons. The summed E-state index contributed by atoms with van der Waals surface area (Å²) in [5.74, 6) is 5.97. The van der Waals surface area contributed by atoms with E-state index in [9.17, 15) is 9.59 Å². The largest absolute Gasteiger partial charge is 0.462 e. The normalized spacial score (nSPS) is 33.3. The summed E-state index contributed by atoms with van der Waals surface area (Å²) in [7, 11) is 0. The molecular weight excluding hydrogens is 611 g/mol. The predicted molar refractivity (Wildman–Crippen MR) is 191 cm³/mol. The van der Waals surface area contributed by atoms with Crippen molar-refractivity contribution in [1.82, 2.24) is 10.2 Å². The Morgan fingerprint density at radius 3 is 2.65 bits per heavy atom. The number of anilines is 1. The molecule has 0 unspecified atom stereocenters. The van der Waals surface area contributed by atoms with Crippen LogP contribution in [0.15, 0.2) is 28.6 Å². The number of carbonyl (C=O) groups is 2. The Labute approximate surface area is 286 Å². The first kappa shape index (κ1) is 35.6. The van der Waals surface area contributed by atoms with Crippen molar-refractivity contribution in [1.29, 1.82) is 0 Å². The van der Waals surface area contributed by atoms with Crippen LogP contribution in [0.25, 0.3) is 0 Å². The van der Waals surface area contributed by atoms with E-state index in [1.807, 2.05) is 0 Å². The molecule has 4 aliphatic carbocycles. The van der Waals surface area contributed by atoms with Crippen LogP contribution in [-0.4, -0.2) is 33.9 Å². The molecule has 1 heterocycles. The van der Waals surface area contributed by atoms with Gasteiger partial charge >= 0.3 is 5.97 Å². The van der Waals surface area contributed by atoms with Gasteiger partial charge in [-0.25, -0.2) is 0 Å². The SMILES string of the molecule is C=CCSc1nnc(NC(=O)CCC(=O)O[C@H]2CC[C@@]3(C)C(=CC[C@H]4[C@@H]5CC[C@H]([C@H](C)CC[C@@H](CC)C(C)C)[C@@]5(C)CC[C@@H]43)C2)s1. The fraction of sp³-hybridized carbons (Fsp3) is 0.789. The molecule has 3 fully saturated rings. The minimum atomic E-state index is -0.282. The lowest BCUT2D eigenvalue weighted by Crippen LogP contribution is -2.51. The van der Waals surface area contributed by atoms with E-state index in [1.54, 1.807) is 6.08 Å². The van der Waals surface area contributed by atoms with Gasteiger partial charge in [-0.05, 0) is 104 Å². The third-order valence-corrected chi connectivity index (χ3v) is 15.1. The second-order valence-corrected chi connectivity index (χ2v) is 18.1. The zero-order valence-electron chi connectivity index (χ0n) is 29.3. The second kappa shape index (κ2) is 15.3. The molecule has 1 N–H and O–H groups in total. The average Bonchev–Trinajstić information content (AvgIpc) is 3.62. The third kappa shape index (κ3) is 7.63. The minimum absolute atomic E-state index is 0.0800. The Bertz CT molecular complexity index is 1260. The Balaban J connectivity index is 1.12. The molecule has 1 aromatic heterocycles. The molecule has 8 heteroatoms. The number of ether oxygens (including phenoxy) is 1. The number of aromatic nitrogens is 2. The number of esters is 1. The number of nitrogens with zero attached hydrogens (tertiary/aromatic N) is 2. The standard InChI is InChI=1S/C38H59N3O3S2/c1-8-22-45-36-41-40-35(46-36)39-33(42)16-17-34(43)44-28-18-20-37(6)27(23-28)12-13-29-31-15-14-30(38(31,7)21-19-32(29)37)25(5)10-11-26(9-2)24(3)4/h8,12,24-26,28-32H,1,9-11,13-23H2,2-7H3,(H,39,40,42)/t25-,26-,28+,29+,30-,31+,32+,37+,38-/m1/s1. The molecule has 9 atom stereocenters. The van der Waals surface area contributed by atoms with Crippen molar-refractivity contribution in [2.45, 2.75) is 135 Å². The molecule has 5 rings (SSSR count). The number of hydrogen-bond acceptors (Lipinski definition) is 7. The number of hydrogen-bond donors (Lipinski definition) is 1. The van der Waals surface area contributed by atoms with Crippen LogP contribution in [0.3, 0.4) is 0 Å².